The van der Waals surface area contributed by atoms with E-state index >= 15 is 0 Å². The number of thioether (sulfide) groups is 1. The summed E-state index contributed by atoms with van der Waals surface area (Å²) in [6.07, 6.45) is 0.281. The van der Waals surface area contributed by atoms with E-state index in [4.69, 9.17) is 11.6 Å². The lowest BCUT2D eigenvalue weighted by atomic mass is 9.87. The van der Waals surface area contributed by atoms with Crippen molar-refractivity contribution in [2.45, 2.75) is 42.8 Å². The fraction of sp³-hybridized carbons (Fsp3) is 0.286. The Kier molecular flexibility index (Phi) is 6.58. The highest BCUT2D eigenvalue weighted by Gasteiger charge is 2.18. The topological polar surface area (TPSA) is 37.3 Å². The van der Waals surface area contributed by atoms with Crippen molar-refractivity contribution in [1.29, 1.82) is 0 Å². The number of hydrogen-bond acceptors (Lipinski definition) is 2. The van der Waals surface area contributed by atoms with Crippen LogP contribution in [0.1, 0.15) is 38.3 Å². The van der Waals surface area contributed by atoms with Gasteiger partial charge in [0.15, 0.2) is 0 Å². The van der Waals surface area contributed by atoms with Gasteiger partial charge in [-0.25, -0.2) is 0 Å². The van der Waals surface area contributed by atoms with Crippen LogP contribution in [0.4, 0.5) is 0 Å². The molecule has 4 heteroatoms. The predicted molar refractivity (Wildman–Crippen MR) is 105 cm³/mol. The molecule has 1 N–H and O–H groups in total. The fourth-order valence-electron chi connectivity index (χ4n) is 2.16. The standard InChI is InChI=1S/C21H21ClO2S/c1-21(2,3)16-9-13-18(14-10-16)25-19(20(23)24)6-4-5-15-7-11-17(22)12-8-15/h7-14,19H,6H2,1-3H3,(H,23,24). The predicted octanol–water partition coefficient (Wildman–Crippen LogP) is 5.62. The molecule has 1 unspecified atom stereocenters. The zero-order valence-electron chi connectivity index (χ0n) is 14.5. The van der Waals surface area contributed by atoms with Crippen LogP contribution >= 0.6 is 23.4 Å². The average Bonchev–Trinajstić information content (AvgIpc) is 2.55. The number of aliphatic carboxylic acids is 1. The fourth-order valence-corrected chi connectivity index (χ4v) is 3.17. The molecule has 2 aromatic carbocycles. The molecule has 0 bridgehead atoms. The van der Waals surface area contributed by atoms with Gasteiger partial charge in [-0.2, -0.15) is 0 Å². The molecule has 0 saturated carbocycles. The maximum absolute atomic E-state index is 11.5. The maximum Gasteiger partial charge on any atom is 0.317 e. The summed E-state index contributed by atoms with van der Waals surface area (Å²) in [7, 11) is 0. The summed E-state index contributed by atoms with van der Waals surface area (Å²) in [5.74, 6) is 5.10. The minimum Gasteiger partial charge on any atom is -0.480 e. The van der Waals surface area contributed by atoms with Crippen molar-refractivity contribution in [2.75, 3.05) is 0 Å². The van der Waals surface area contributed by atoms with E-state index in [1.165, 1.54) is 17.3 Å². The highest BCUT2D eigenvalue weighted by atomic mass is 35.5. The molecule has 0 heterocycles. The second-order valence-electron chi connectivity index (χ2n) is 6.73. The molecule has 2 nitrogen and oxygen atoms in total. The summed E-state index contributed by atoms with van der Waals surface area (Å²) in [5, 5.41) is 9.50. The molecule has 0 aromatic heterocycles. The maximum atomic E-state index is 11.5. The van der Waals surface area contributed by atoms with Crippen LogP contribution in [0.2, 0.25) is 5.02 Å². The molecule has 0 saturated heterocycles. The first kappa shape index (κ1) is 19.4. The quantitative estimate of drug-likeness (QED) is 0.558. The molecule has 0 aliphatic carbocycles. The Bertz CT molecular complexity index is 778. The van der Waals surface area contributed by atoms with Gasteiger partial charge in [-0.1, -0.05) is 56.3 Å². The lowest BCUT2D eigenvalue weighted by Crippen LogP contribution is -2.15. The molecule has 0 fully saturated rings. The second-order valence-corrected chi connectivity index (χ2v) is 8.44. The highest BCUT2D eigenvalue weighted by Crippen LogP contribution is 2.29. The highest BCUT2D eigenvalue weighted by molar-refractivity contribution is 8.00. The van der Waals surface area contributed by atoms with E-state index in [1.54, 1.807) is 12.1 Å². The first-order chi connectivity index (χ1) is 11.8. The molecule has 2 aromatic rings. The van der Waals surface area contributed by atoms with Crippen LogP contribution in [-0.4, -0.2) is 16.3 Å². The van der Waals surface area contributed by atoms with Crippen LogP contribution in [0, 0.1) is 11.8 Å². The second kappa shape index (κ2) is 8.47. The van der Waals surface area contributed by atoms with E-state index in [2.05, 4.69) is 44.7 Å². The van der Waals surface area contributed by atoms with Gasteiger partial charge in [0.25, 0.3) is 0 Å². The number of carboxylic acid groups (broad SMARTS) is 1. The molecule has 25 heavy (non-hydrogen) atoms. The Hall–Kier alpha value is -1.89. The number of benzene rings is 2. The van der Waals surface area contributed by atoms with Crippen molar-refractivity contribution in [1.82, 2.24) is 0 Å². The van der Waals surface area contributed by atoms with Crippen LogP contribution < -0.4 is 0 Å². The summed E-state index contributed by atoms with van der Waals surface area (Å²) in [6.45, 7) is 6.46. The van der Waals surface area contributed by atoms with Crippen LogP contribution in [0.5, 0.6) is 0 Å². The van der Waals surface area contributed by atoms with Gasteiger partial charge in [0, 0.05) is 21.9 Å². The molecule has 0 amide bonds. The Morgan fingerprint density at radius 1 is 1.12 bits per heavy atom. The zero-order chi connectivity index (χ0) is 18.4. The van der Waals surface area contributed by atoms with E-state index in [-0.39, 0.29) is 11.8 Å². The molecule has 2 rings (SSSR count). The minimum atomic E-state index is -0.852. The number of halogens is 1. The minimum absolute atomic E-state index is 0.0828. The number of rotatable bonds is 4. The van der Waals surface area contributed by atoms with Crippen LogP contribution in [0.15, 0.2) is 53.4 Å². The molecule has 1 atom stereocenters. The molecular formula is C21H21ClO2S. The molecule has 130 valence electrons. The van der Waals surface area contributed by atoms with Gasteiger partial charge in [0.05, 0.1) is 0 Å². The van der Waals surface area contributed by atoms with Gasteiger partial charge < -0.3 is 5.11 Å². The first-order valence-corrected chi connectivity index (χ1v) is 9.26. The van der Waals surface area contributed by atoms with Crippen LogP contribution in [0.3, 0.4) is 0 Å². The Labute approximate surface area is 158 Å². The lowest BCUT2D eigenvalue weighted by molar-refractivity contribution is -0.136. The normalized spacial score (nSPS) is 12.2. The van der Waals surface area contributed by atoms with Crippen molar-refractivity contribution >= 4 is 29.3 Å². The Morgan fingerprint density at radius 2 is 1.72 bits per heavy atom. The Morgan fingerprint density at radius 3 is 2.24 bits per heavy atom. The average molecular weight is 373 g/mol. The van der Waals surface area contributed by atoms with Crippen LogP contribution in [-0.2, 0) is 10.2 Å². The molecular weight excluding hydrogens is 352 g/mol. The van der Waals surface area contributed by atoms with Crippen molar-refractivity contribution < 1.29 is 9.90 Å². The van der Waals surface area contributed by atoms with Gasteiger partial charge in [-0.3, -0.25) is 4.79 Å². The largest absolute Gasteiger partial charge is 0.480 e. The molecule has 0 radical (unpaired) electrons. The summed E-state index contributed by atoms with van der Waals surface area (Å²) in [6, 6.07) is 15.3. The van der Waals surface area contributed by atoms with Gasteiger partial charge in [0.1, 0.15) is 5.25 Å². The number of hydrogen-bond donors (Lipinski definition) is 1. The van der Waals surface area contributed by atoms with Crippen molar-refractivity contribution in [3.05, 3.63) is 64.7 Å². The molecule has 0 aliphatic heterocycles. The third-order valence-corrected chi connectivity index (χ3v) is 5.09. The van der Waals surface area contributed by atoms with Crippen LogP contribution in [0.25, 0.3) is 0 Å². The van der Waals surface area contributed by atoms with E-state index < -0.39 is 11.2 Å². The summed E-state index contributed by atoms with van der Waals surface area (Å²) in [5.41, 5.74) is 2.14. The van der Waals surface area contributed by atoms with Crippen molar-refractivity contribution in [2.24, 2.45) is 0 Å². The van der Waals surface area contributed by atoms with Gasteiger partial charge in [-0.05, 0) is 47.4 Å². The number of carboxylic acids is 1. The number of carbonyl (C=O) groups is 1. The van der Waals surface area contributed by atoms with E-state index in [0.717, 1.165) is 10.5 Å². The summed E-state index contributed by atoms with van der Waals surface area (Å²) >= 11 is 7.17. The summed E-state index contributed by atoms with van der Waals surface area (Å²) < 4.78 is 0. The smallest absolute Gasteiger partial charge is 0.317 e. The third-order valence-electron chi connectivity index (χ3n) is 3.64. The van der Waals surface area contributed by atoms with Gasteiger partial charge >= 0.3 is 5.97 Å². The van der Waals surface area contributed by atoms with Crippen molar-refractivity contribution in [3.63, 3.8) is 0 Å². The zero-order valence-corrected chi connectivity index (χ0v) is 16.1. The molecule has 0 aliphatic rings. The van der Waals surface area contributed by atoms with Crippen molar-refractivity contribution in [3.8, 4) is 11.8 Å². The molecule has 0 spiro atoms. The first-order valence-electron chi connectivity index (χ1n) is 8.00. The van der Waals surface area contributed by atoms with E-state index in [0.29, 0.717) is 5.02 Å². The Balaban J connectivity index is 2.04. The van der Waals surface area contributed by atoms with E-state index in [1.807, 2.05) is 24.3 Å². The summed E-state index contributed by atoms with van der Waals surface area (Å²) in [4.78, 5) is 12.4. The monoisotopic (exact) mass is 372 g/mol. The van der Waals surface area contributed by atoms with Gasteiger partial charge in [0.2, 0.25) is 0 Å². The SMILES string of the molecule is CC(C)(C)c1ccc(SC(CC#Cc2ccc(Cl)cc2)C(=O)O)cc1. The lowest BCUT2D eigenvalue weighted by Gasteiger charge is -2.19. The third kappa shape index (κ3) is 6.16. The van der Waals surface area contributed by atoms with E-state index in [9.17, 15) is 9.90 Å². The van der Waals surface area contributed by atoms with Gasteiger partial charge in [-0.15, -0.1) is 11.8 Å².